The quantitative estimate of drug-likeness (QED) is 0.124. The average Bonchev–Trinajstić information content (AvgIpc) is 2.99. The van der Waals surface area contributed by atoms with Crippen molar-refractivity contribution in [2.24, 2.45) is 11.7 Å². The Morgan fingerprint density at radius 2 is 1.29 bits per heavy atom. The Balaban J connectivity index is -0.000000416. The second-order valence-corrected chi connectivity index (χ2v) is 9.05. The van der Waals surface area contributed by atoms with Crippen molar-refractivity contribution in [2.75, 3.05) is 27.2 Å². The molecule has 2 N–H and O–H groups in total. The van der Waals surface area contributed by atoms with Gasteiger partial charge < -0.3 is 10.5 Å². The largest absolute Gasteiger partial charge is 0.505 e. The van der Waals surface area contributed by atoms with Crippen LogP contribution in [0.2, 0.25) is 0 Å². The smallest absolute Gasteiger partial charge is 0.0766 e. The number of hydrogen-bond acceptors (Lipinski definition) is 4. The number of nitrogens with zero attached hydrogens (tertiary/aromatic N) is 1. The molecule has 0 aliphatic heterocycles. The van der Waals surface area contributed by atoms with Crippen LogP contribution in [0, 0.1) is 5.92 Å². The van der Waals surface area contributed by atoms with Crippen LogP contribution in [0.25, 0.3) is 0 Å². The zero-order chi connectivity index (χ0) is 30.2. The molecule has 0 fully saturated rings. The Hall–Kier alpha value is -2.01. The van der Waals surface area contributed by atoms with Crippen LogP contribution < -0.4 is 5.73 Å². The number of nitrogens with two attached hydrogens (primary N) is 1. The molecule has 0 amide bonds. The summed E-state index contributed by atoms with van der Waals surface area (Å²) >= 11 is 1.90. The highest BCUT2D eigenvalue weighted by molar-refractivity contribution is 7.97. The van der Waals surface area contributed by atoms with Crippen molar-refractivity contribution in [1.82, 2.24) is 4.31 Å². The molecular weight excluding hydrogens is 484 g/mol. The summed E-state index contributed by atoms with van der Waals surface area (Å²) in [6, 6.07) is 18.3. The van der Waals surface area contributed by atoms with Crippen LogP contribution in [0.5, 0.6) is 0 Å². The first-order chi connectivity index (χ1) is 18.5. The summed E-state index contributed by atoms with van der Waals surface area (Å²) in [5, 5.41) is 0. The number of unbranched alkanes of at least 4 members (excludes halogenated alkanes) is 1. The molecule has 0 saturated heterocycles. The van der Waals surface area contributed by atoms with Crippen LogP contribution in [0.3, 0.4) is 0 Å². The summed E-state index contributed by atoms with van der Waals surface area (Å²) in [4.78, 5) is 1.36. The van der Waals surface area contributed by atoms with Gasteiger partial charge in [0.1, 0.15) is 0 Å². The highest BCUT2D eigenvalue weighted by Crippen LogP contribution is 2.24. The van der Waals surface area contributed by atoms with E-state index >= 15 is 0 Å². The minimum atomic E-state index is 0.721. The molecule has 0 atom stereocenters. The van der Waals surface area contributed by atoms with Crippen molar-refractivity contribution in [3.05, 3.63) is 91.2 Å². The van der Waals surface area contributed by atoms with Crippen LogP contribution in [-0.2, 0) is 24.0 Å². The summed E-state index contributed by atoms with van der Waals surface area (Å²) < 4.78 is 6.79. The van der Waals surface area contributed by atoms with E-state index in [1.165, 1.54) is 60.6 Å². The molecule has 0 spiro atoms. The number of benzene rings is 2. The van der Waals surface area contributed by atoms with Crippen molar-refractivity contribution in [3.8, 4) is 0 Å². The van der Waals surface area contributed by atoms with E-state index in [0.29, 0.717) is 0 Å². The molecule has 0 aromatic heterocycles. The molecular formula is C34H62N2OS. The molecule has 0 saturated carbocycles. The Kier molecular flexibility index (Phi) is 39.6. The van der Waals surface area contributed by atoms with Gasteiger partial charge >= 0.3 is 0 Å². The molecule has 2 aromatic carbocycles. The van der Waals surface area contributed by atoms with Gasteiger partial charge in [0, 0.05) is 18.0 Å². The Morgan fingerprint density at radius 3 is 1.68 bits per heavy atom. The van der Waals surface area contributed by atoms with E-state index in [-0.39, 0.29) is 0 Å². The minimum absolute atomic E-state index is 0.721. The lowest BCUT2D eigenvalue weighted by Crippen LogP contribution is -2.16. The van der Waals surface area contributed by atoms with Crippen LogP contribution in [0.1, 0.15) is 84.9 Å². The van der Waals surface area contributed by atoms with Crippen molar-refractivity contribution in [1.29, 1.82) is 0 Å². The van der Waals surface area contributed by atoms with Gasteiger partial charge in [-0.05, 0) is 85.8 Å². The summed E-state index contributed by atoms with van der Waals surface area (Å²) in [5.74, 6) is 0.721. The second kappa shape index (κ2) is 35.0. The zero-order valence-corrected chi connectivity index (χ0v) is 27.5. The first-order valence-corrected chi connectivity index (χ1v) is 15.1. The number of methoxy groups -OCH3 is 1. The summed E-state index contributed by atoms with van der Waals surface area (Å²) in [6.45, 7) is 28.5. The maximum atomic E-state index is 4.50. The van der Waals surface area contributed by atoms with Crippen LogP contribution in [-0.4, -0.2) is 31.6 Å². The first-order valence-electron chi connectivity index (χ1n) is 14.3. The van der Waals surface area contributed by atoms with Gasteiger partial charge in [0.15, 0.2) is 0 Å². The molecule has 0 heterocycles. The van der Waals surface area contributed by atoms with Crippen molar-refractivity contribution in [2.45, 2.75) is 92.4 Å². The van der Waals surface area contributed by atoms with Gasteiger partial charge in [0.2, 0.25) is 0 Å². The Labute approximate surface area is 243 Å². The molecule has 3 nitrogen and oxygen atoms in total. The number of ether oxygens (including phenoxy) is 1. The standard InChI is InChI=1S/C24H35NS.C3H6O.2C2H6.C2H4.CH5N/c1-5-21-10-12-22(13-11-21)9-7-8-18-25(6-2)26-24-16-14-23(15-17-24)19-20(3)4;1-3-4-2;4*1-2/h10-17,20H,5-9,18-19H2,1-4H3;3H,1H2,2H3;2*1-2H3;1-2H2;2H2,1H3. The molecule has 2 aromatic rings. The minimum Gasteiger partial charge on any atom is -0.505 e. The Bertz CT molecular complexity index is 699. The van der Waals surface area contributed by atoms with Crippen LogP contribution >= 0.6 is 11.9 Å². The molecule has 4 heteroatoms. The van der Waals surface area contributed by atoms with Gasteiger partial charge in [-0.2, -0.15) is 0 Å². The van der Waals surface area contributed by atoms with Gasteiger partial charge in [0.25, 0.3) is 0 Å². The molecule has 0 aliphatic rings. The lowest BCUT2D eigenvalue weighted by Gasteiger charge is -2.19. The fourth-order valence-corrected chi connectivity index (χ4v) is 4.04. The third-order valence-corrected chi connectivity index (χ3v) is 6.06. The third-order valence-electron chi connectivity index (χ3n) is 4.88. The normalized spacial score (nSPS) is 8.97. The molecule has 2 rings (SSSR count). The first kappa shape index (κ1) is 43.1. The van der Waals surface area contributed by atoms with E-state index in [0.717, 1.165) is 25.4 Å². The van der Waals surface area contributed by atoms with E-state index in [1.54, 1.807) is 7.11 Å². The van der Waals surface area contributed by atoms with Gasteiger partial charge in [-0.25, -0.2) is 4.31 Å². The molecule has 0 aliphatic carbocycles. The predicted molar refractivity (Wildman–Crippen MR) is 178 cm³/mol. The Morgan fingerprint density at radius 1 is 0.842 bits per heavy atom. The van der Waals surface area contributed by atoms with E-state index in [9.17, 15) is 0 Å². The number of aryl methyl sites for hydroxylation is 2. The fourth-order valence-electron chi connectivity index (χ4n) is 3.13. The number of hydrogen-bond donors (Lipinski definition) is 1. The van der Waals surface area contributed by atoms with Gasteiger partial charge in [-0.1, -0.05) is 98.4 Å². The van der Waals surface area contributed by atoms with E-state index in [1.807, 2.05) is 39.6 Å². The van der Waals surface area contributed by atoms with Gasteiger partial charge in [0.05, 0.1) is 13.4 Å². The van der Waals surface area contributed by atoms with E-state index in [4.69, 9.17) is 0 Å². The monoisotopic (exact) mass is 546 g/mol. The predicted octanol–water partition coefficient (Wildman–Crippen LogP) is 10.0. The second-order valence-electron chi connectivity index (χ2n) is 7.88. The average molecular weight is 547 g/mol. The topological polar surface area (TPSA) is 38.5 Å². The SMILES string of the molecule is C=C.C=COC.CC.CC.CCc1ccc(CCCCN(CC)Sc2ccc(CC(C)C)cc2)cc1.CN. The van der Waals surface area contributed by atoms with E-state index in [2.05, 4.69) is 111 Å². The lowest BCUT2D eigenvalue weighted by molar-refractivity contribution is 0.339. The molecule has 0 unspecified atom stereocenters. The third kappa shape index (κ3) is 25.6. The summed E-state index contributed by atoms with van der Waals surface area (Å²) in [6.07, 6.45) is 7.37. The van der Waals surface area contributed by atoms with E-state index < -0.39 is 0 Å². The lowest BCUT2D eigenvalue weighted by atomic mass is 10.0. The molecule has 220 valence electrons. The van der Waals surface area contributed by atoms with Crippen molar-refractivity contribution in [3.63, 3.8) is 0 Å². The van der Waals surface area contributed by atoms with Crippen molar-refractivity contribution >= 4 is 11.9 Å². The number of rotatable bonds is 12. The highest BCUT2D eigenvalue weighted by atomic mass is 32.2. The van der Waals surface area contributed by atoms with Crippen LogP contribution in [0.4, 0.5) is 0 Å². The van der Waals surface area contributed by atoms with Crippen molar-refractivity contribution < 1.29 is 4.74 Å². The maximum Gasteiger partial charge on any atom is 0.0766 e. The molecule has 0 radical (unpaired) electrons. The van der Waals surface area contributed by atoms with Gasteiger partial charge in [-0.3, -0.25) is 0 Å². The van der Waals surface area contributed by atoms with Crippen LogP contribution in [0.15, 0.2) is 79.4 Å². The molecule has 38 heavy (non-hydrogen) atoms. The molecule has 0 bridgehead atoms. The summed E-state index contributed by atoms with van der Waals surface area (Å²) in [5.41, 5.74) is 8.85. The van der Waals surface area contributed by atoms with Gasteiger partial charge in [-0.15, -0.1) is 13.2 Å². The zero-order valence-electron chi connectivity index (χ0n) is 26.7. The maximum absolute atomic E-state index is 4.50. The summed E-state index contributed by atoms with van der Waals surface area (Å²) in [7, 11) is 3.06. The highest BCUT2D eigenvalue weighted by Gasteiger charge is 2.06. The fraction of sp³-hybridized carbons (Fsp3) is 0.529.